The second-order valence-corrected chi connectivity index (χ2v) is 4.42. The van der Waals surface area contributed by atoms with E-state index < -0.39 is 0 Å². The fraction of sp³-hybridized carbons (Fsp3) is 0.167. The van der Waals surface area contributed by atoms with Crippen molar-refractivity contribution in [3.05, 3.63) is 53.7 Å². The van der Waals surface area contributed by atoms with E-state index in [-0.39, 0.29) is 5.82 Å². The zero-order chi connectivity index (χ0) is 11.4. The SMILES string of the molecule is NCc1cc(F)cc(SCc2ccco2)c1. The van der Waals surface area contributed by atoms with Crippen LogP contribution >= 0.6 is 11.8 Å². The molecule has 0 unspecified atom stereocenters. The molecule has 0 aliphatic heterocycles. The highest BCUT2D eigenvalue weighted by Gasteiger charge is 2.02. The van der Waals surface area contributed by atoms with Crippen molar-refractivity contribution in [3.63, 3.8) is 0 Å². The quantitative estimate of drug-likeness (QED) is 0.830. The molecule has 0 bridgehead atoms. The first kappa shape index (κ1) is 11.2. The molecule has 2 aromatic rings. The predicted molar refractivity (Wildman–Crippen MR) is 62.6 cm³/mol. The molecule has 4 heteroatoms. The average molecular weight is 237 g/mol. The lowest BCUT2D eigenvalue weighted by Gasteiger charge is -2.03. The molecule has 0 spiro atoms. The molecule has 1 heterocycles. The van der Waals surface area contributed by atoms with Crippen molar-refractivity contribution in [2.45, 2.75) is 17.2 Å². The van der Waals surface area contributed by atoms with Crippen LogP contribution in [-0.4, -0.2) is 0 Å². The molecule has 1 aromatic carbocycles. The van der Waals surface area contributed by atoms with E-state index in [0.717, 1.165) is 16.2 Å². The highest BCUT2D eigenvalue weighted by molar-refractivity contribution is 7.98. The van der Waals surface area contributed by atoms with Crippen molar-refractivity contribution in [1.29, 1.82) is 0 Å². The lowest BCUT2D eigenvalue weighted by molar-refractivity contribution is 0.530. The standard InChI is InChI=1S/C12H12FNOS/c13-10-4-9(7-14)5-12(6-10)16-8-11-2-1-3-15-11/h1-6H,7-8,14H2. The summed E-state index contributed by atoms with van der Waals surface area (Å²) in [7, 11) is 0. The maximum absolute atomic E-state index is 13.2. The van der Waals surface area contributed by atoms with E-state index in [9.17, 15) is 4.39 Å². The molecule has 0 saturated heterocycles. The van der Waals surface area contributed by atoms with Gasteiger partial charge in [-0.3, -0.25) is 0 Å². The van der Waals surface area contributed by atoms with E-state index in [4.69, 9.17) is 10.2 Å². The minimum Gasteiger partial charge on any atom is -0.468 e. The van der Waals surface area contributed by atoms with E-state index in [1.807, 2.05) is 18.2 Å². The van der Waals surface area contributed by atoms with E-state index >= 15 is 0 Å². The van der Waals surface area contributed by atoms with Crippen LogP contribution in [0.15, 0.2) is 45.9 Å². The van der Waals surface area contributed by atoms with Crippen molar-refractivity contribution >= 4 is 11.8 Å². The van der Waals surface area contributed by atoms with Gasteiger partial charge in [0.2, 0.25) is 0 Å². The van der Waals surface area contributed by atoms with Gasteiger partial charge in [-0.2, -0.15) is 0 Å². The molecule has 2 nitrogen and oxygen atoms in total. The van der Waals surface area contributed by atoms with Crippen molar-refractivity contribution in [2.24, 2.45) is 5.73 Å². The second kappa shape index (κ2) is 5.18. The zero-order valence-corrected chi connectivity index (χ0v) is 9.47. The molecule has 2 N–H and O–H groups in total. The van der Waals surface area contributed by atoms with E-state index in [1.165, 1.54) is 23.9 Å². The first-order chi connectivity index (χ1) is 7.78. The van der Waals surface area contributed by atoms with Crippen LogP contribution < -0.4 is 5.73 Å². The molecular formula is C12H12FNOS. The lowest BCUT2D eigenvalue weighted by Crippen LogP contribution is -1.97. The topological polar surface area (TPSA) is 39.2 Å². The van der Waals surface area contributed by atoms with Crippen LogP contribution in [0.2, 0.25) is 0 Å². The molecule has 2 rings (SSSR count). The van der Waals surface area contributed by atoms with Crippen LogP contribution in [0.25, 0.3) is 0 Å². The summed E-state index contributed by atoms with van der Waals surface area (Å²) in [6.07, 6.45) is 1.63. The molecule has 1 aromatic heterocycles. The molecule has 0 fully saturated rings. The predicted octanol–water partition coefficient (Wildman–Crippen LogP) is 3.17. The van der Waals surface area contributed by atoms with Gasteiger partial charge in [-0.25, -0.2) is 4.39 Å². The molecule has 84 valence electrons. The Kier molecular flexibility index (Phi) is 3.64. The molecule has 0 atom stereocenters. The number of rotatable bonds is 4. The Morgan fingerprint density at radius 3 is 2.88 bits per heavy atom. The molecule has 0 saturated carbocycles. The summed E-state index contributed by atoms with van der Waals surface area (Å²) >= 11 is 1.53. The van der Waals surface area contributed by atoms with E-state index in [0.29, 0.717) is 12.3 Å². The fourth-order valence-electron chi connectivity index (χ4n) is 1.37. The number of nitrogens with two attached hydrogens (primary N) is 1. The van der Waals surface area contributed by atoms with Gasteiger partial charge in [0.1, 0.15) is 11.6 Å². The van der Waals surface area contributed by atoms with Gasteiger partial charge < -0.3 is 10.2 Å². The summed E-state index contributed by atoms with van der Waals surface area (Å²) in [5.41, 5.74) is 6.29. The summed E-state index contributed by atoms with van der Waals surface area (Å²) in [5, 5.41) is 0. The molecule has 0 radical (unpaired) electrons. The van der Waals surface area contributed by atoms with E-state index in [1.54, 1.807) is 6.26 Å². The van der Waals surface area contributed by atoms with Crippen LogP contribution in [0.4, 0.5) is 4.39 Å². The lowest BCUT2D eigenvalue weighted by atomic mass is 10.2. The molecule has 16 heavy (non-hydrogen) atoms. The van der Waals surface area contributed by atoms with Crippen molar-refractivity contribution in [1.82, 2.24) is 0 Å². The highest BCUT2D eigenvalue weighted by atomic mass is 32.2. The Bertz CT molecular complexity index is 456. The third-order valence-electron chi connectivity index (χ3n) is 2.13. The van der Waals surface area contributed by atoms with E-state index in [2.05, 4.69) is 0 Å². The third kappa shape index (κ3) is 2.87. The first-order valence-corrected chi connectivity index (χ1v) is 5.91. The van der Waals surface area contributed by atoms with Gasteiger partial charge in [-0.1, -0.05) is 0 Å². The number of hydrogen-bond acceptors (Lipinski definition) is 3. The number of thioether (sulfide) groups is 1. The van der Waals surface area contributed by atoms with Crippen LogP contribution in [0.5, 0.6) is 0 Å². The Morgan fingerprint density at radius 2 is 2.19 bits per heavy atom. The van der Waals surface area contributed by atoms with Gasteiger partial charge in [0.05, 0.1) is 12.0 Å². The zero-order valence-electron chi connectivity index (χ0n) is 8.65. The smallest absolute Gasteiger partial charge is 0.124 e. The number of hydrogen-bond donors (Lipinski definition) is 1. The normalized spacial score (nSPS) is 10.6. The first-order valence-electron chi connectivity index (χ1n) is 4.92. The fourth-order valence-corrected chi connectivity index (χ4v) is 2.27. The molecular weight excluding hydrogens is 225 g/mol. The molecule has 0 aliphatic carbocycles. The highest BCUT2D eigenvalue weighted by Crippen LogP contribution is 2.24. The Balaban J connectivity index is 2.06. The van der Waals surface area contributed by atoms with Crippen LogP contribution in [0, 0.1) is 5.82 Å². The number of benzene rings is 1. The maximum Gasteiger partial charge on any atom is 0.124 e. The van der Waals surface area contributed by atoms with Crippen molar-refractivity contribution < 1.29 is 8.81 Å². The van der Waals surface area contributed by atoms with Crippen LogP contribution in [0.1, 0.15) is 11.3 Å². The van der Waals surface area contributed by atoms with Gasteiger partial charge in [-0.15, -0.1) is 11.8 Å². The summed E-state index contributed by atoms with van der Waals surface area (Å²) < 4.78 is 18.4. The Hall–Kier alpha value is -1.26. The van der Waals surface area contributed by atoms with Gasteiger partial charge >= 0.3 is 0 Å². The van der Waals surface area contributed by atoms with Crippen LogP contribution in [-0.2, 0) is 12.3 Å². The number of furan rings is 1. The Morgan fingerprint density at radius 1 is 1.31 bits per heavy atom. The largest absolute Gasteiger partial charge is 0.468 e. The monoisotopic (exact) mass is 237 g/mol. The number of halogens is 1. The minimum absolute atomic E-state index is 0.245. The van der Waals surface area contributed by atoms with Gasteiger partial charge in [0.15, 0.2) is 0 Å². The third-order valence-corrected chi connectivity index (χ3v) is 3.13. The van der Waals surface area contributed by atoms with Crippen LogP contribution in [0.3, 0.4) is 0 Å². The summed E-state index contributed by atoms with van der Waals surface area (Å²) in [6.45, 7) is 0.353. The summed E-state index contributed by atoms with van der Waals surface area (Å²) in [6, 6.07) is 8.60. The molecule has 0 aliphatic rings. The second-order valence-electron chi connectivity index (χ2n) is 3.37. The average Bonchev–Trinajstić information content (AvgIpc) is 2.78. The van der Waals surface area contributed by atoms with Crippen molar-refractivity contribution in [3.8, 4) is 0 Å². The van der Waals surface area contributed by atoms with Crippen molar-refractivity contribution in [2.75, 3.05) is 0 Å². The minimum atomic E-state index is -0.245. The summed E-state index contributed by atoms with van der Waals surface area (Å²) in [5.74, 6) is 1.33. The summed E-state index contributed by atoms with van der Waals surface area (Å²) in [4.78, 5) is 0.872. The maximum atomic E-state index is 13.2. The van der Waals surface area contributed by atoms with Gasteiger partial charge in [0, 0.05) is 11.4 Å². The van der Waals surface area contributed by atoms with Gasteiger partial charge in [0.25, 0.3) is 0 Å². The Labute approximate surface area is 97.6 Å². The molecule has 0 amide bonds. The van der Waals surface area contributed by atoms with Gasteiger partial charge in [-0.05, 0) is 35.9 Å².